The zero-order valence-electron chi connectivity index (χ0n) is 31.4. The van der Waals surface area contributed by atoms with Crippen LogP contribution in [-0.4, -0.2) is 42.2 Å². The number of azide groups is 1. The average molecular weight is 757 g/mol. The predicted molar refractivity (Wildman–Crippen MR) is 222 cm³/mol. The first kappa shape index (κ1) is 38.6. The molecule has 0 bridgehead atoms. The molecule has 1 aliphatic rings. The van der Waals surface area contributed by atoms with E-state index < -0.39 is 11.6 Å². The van der Waals surface area contributed by atoms with E-state index in [2.05, 4.69) is 57.3 Å². The predicted octanol–water partition coefficient (Wildman–Crippen LogP) is 8.88. The highest BCUT2D eigenvalue weighted by Crippen LogP contribution is 2.43. The summed E-state index contributed by atoms with van der Waals surface area (Å²) in [6, 6.07) is 53.5. The van der Waals surface area contributed by atoms with Crippen LogP contribution >= 0.6 is 0 Å². The van der Waals surface area contributed by atoms with Crippen molar-refractivity contribution >= 4 is 11.8 Å². The van der Waals surface area contributed by atoms with Crippen molar-refractivity contribution in [2.45, 2.75) is 36.9 Å². The summed E-state index contributed by atoms with van der Waals surface area (Å²) in [5.41, 5.74) is 21.4. The van der Waals surface area contributed by atoms with Crippen LogP contribution in [0, 0.1) is 0 Å². The van der Waals surface area contributed by atoms with Crippen LogP contribution in [0.3, 0.4) is 0 Å². The molecule has 10 nitrogen and oxygen atoms in total. The standard InChI is InChI=1S/C47H44N6O4/c48-53-50-32-41-20-11-10-19-40(41)31-47(46(55)52-49-33-43(36-15-6-2-7-16-36)37-17-8-3-9-18-37)44(38-23-21-35(22-24-38)34-13-4-1-5-14-34)57-45(51-47)39-25-27-42(28-26-39)56-30-12-29-54/h1-11,13-28,43-44,49,54H,12,29-33H2,(H,52,55)/t44-,47-/m0/s1. The van der Waals surface area contributed by atoms with Crippen molar-refractivity contribution in [3.8, 4) is 16.9 Å². The third-order valence-electron chi connectivity index (χ3n) is 10.1. The van der Waals surface area contributed by atoms with E-state index in [0.29, 0.717) is 36.8 Å². The minimum absolute atomic E-state index is 0.0423. The molecular weight excluding hydrogens is 713 g/mol. The van der Waals surface area contributed by atoms with E-state index in [9.17, 15) is 10.6 Å². The minimum Gasteiger partial charge on any atom is -0.494 e. The van der Waals surface area contributed by atoms with E-state index in [1.165, 1.54) is 0 Å². The number of hydrazine groups is 1. The summed E-state index contributed by atoms with van der Waals surface area (Å²) >= 11 is 0. The molecule has 3 N–H and O–H groups in total. The molecule has 6 aromatic carbocycles. The van der Waals surface area contributed by atoms with Crippen LogP contribution < -0.4 is 15.6 Å². The van der Waals surface area contributed by atoms with Crippen LogP contribution in [0.5, 0.6) is 5.75 Å². The topological polar surface area (TPSA) is 141 Å². The number of aliphatic hydroxyl groups excluding tert-OH is 1. The molecule has 1 amide bonds. The van der Waals surface area contributed by atoms with Crippen molar-refractivity contribution in [3.63, 3.8) is 0 Å². The molecule has 2 atom stereocenters. The molecule has 286 valence electrons. The summed E-state index contributed by atoms with van der Waals surface area (Å²) in [7, 11) is 0. The van der Waals surface area contributed by atoms with Gasteiger partial charge in [-0.05, 0) is 68.7 Å². The molecular formula is C47H44N6O4. The van der Waals surface area contributed by atoms with Gasteiger partial charge in [-0.25, -0.2) is 10.4 Å². The van der Waals surface area contributed by atoms with E-state index in [1.54, 1.807) is 0 Å². The van der Waals surface area contributed by atoms with Gasteiger partial charge in [0.05, 0.1) is 13.2 Å². The molecule has 0 aliphatic carbocycles. The first-order valence-electron chi connectivity index (χ1n) is 19.0. The second-order valence-electron chi connectivity index (χ2n) is 13.8. The van der Waals surface area contributed by atoms with Crippen LogP contribution in [0.25, 0.3) is 21.6 Å². The molecule has 1 aliphatic heterocycles. The number of nitrogens with zero attached hydrogens (tertiary/aromatic N) is 4. The maximum absolute atomic E-state index is 15.1. The van der Waals surface area contributed by atoms with Gasteiger partial charge in [-0.1, -0.05) is 145 Å². The molecule has 0 fully saturated rings. The first-order valence-corrected chi connectivity index (χ1v) is 19.0. The van der Waals surface area contributed by atoms with Gasteiger partial charge in [0.1, 0.15) is 5.75 Å². The molecule has 0 saturated heterocycles. The third-order valence-corrected chi connectivity index (χ3v) is 10.1. The number of amides is 1. The molecule has 0 spiro atoms. The fraction of sp³-hybridized carbons (Fsp3) is 0.191. The zero-order chi connectivity index (χ0) is 39.3. The number of nitrogens with one attached hydrogen (secondary N) is 2. The van der Waals surface area contributed by atoms with E-state index in [0.717, 1.165) is 38.9 Å². The van der Waals surface area contributed by atoms with Gasteiger partial charge in [0.15, 0.2) is 11.6 Å². The van der Waals surface area contributed by atoms with Gasteiger partial charge in [-0.3, -0.25) is 10.2 Å². The molecule has 0 aromatic heterocycles. The van der Waals surface area contributed by atoms with Crippen molar-refractivity contribution in [3.05, 3.63) is 208 Å². The van der Waals surface area contributed by atoms with Crippen molar-refractivity contribution in [2.75, 3.05) is 19.8 Å². The SMILES string of the molecule is [N-]=[N+]=NCc1ccccc1C[C@]1(C(=O)NNCC(c2ccccc2)c2ccccc2)N=C(c2ccc(OCCCO)cc2)O[C@H]1c1ccc(-c2ccccc2)cc1. The Bertz CT molecular complexity index is 2260. The Kier molecular flexibility index (Phi) is 12.7. The third kappa shape index (κ3) is 9.23. The maximum Gasteiger partial charge on any atom is 0.266 e. The quantitative estimate of drug-likeness (QED) is 0.0280. The molecule has 0 radical (unpaired) electrons. The van der Waals surface area contributed by atoms with E-state index in [4.69, 9.17) is 14.5 Å². The second kappa shape index (κ2) is 18.8. The number of aliphatic imine (C=N–C) groups is 1. The van der Waals surface area contributed by atoms with Gasteiger partial charge in [-0.2, -0.15) is 0 Å². The number of benzene rings is 6. The van der Waals surface area contributed by atoms with Gasteiger partial charge in [-0.15, -0.1) is 0 Å². The molecule has 7 rings (SSSR count). The Morgan fingerprint density at radius 2 is 1.35 bits per heavy atom. The van der Waals surface area contributed by atoms with Gasteiger partial charge >= 0.3 is 0 Å². The number of aliphatic hydroxyl groups is 1. The fourth-order valence-corrected chi connectivity index (χ4v) is 7.19. The molecule has 57 heavy (non-hydrogen) atoms. The fourth-order valence-electron chi connectivity index (χ4n) is 7.19. The van der Waals surface area contributed by atoms with Crippen molar-refractivity contribution in [1.82, 2.24) is 10.9 Å². The smallest absolute Gasteiger partial charge is 0.266 e. The van der Waals surface area contributed by atoms with Crippen LogP contribution in [-0.2, 0) is 22.5 Å². The highest BCUT2D eigenvalue weighted by atomic mass is 16.5. The van der Waals surface area contributed by atoms with Crippen LogP contribution in [0.2, 0.25) is 0 Å². The Labute approximate surface area is 332 Å². The lowest BCUT2D eigenvalue weighted by Crippen LogP contribution is -2.54. The molecule has 0 unspecified atom stereocenters. The zero-order valence-corrected chi connectivity index (χ0v) is 31.4. The van der Waals surface area contributed by atoms with E-state index >= 15 is 4.79 Å². The average Bonchev–Trinajstić information content (AvgIpc) is 3.66. The maximum atomic E-state index is 15.1. The van der Waals surface area contributed by atoms with E-state index in [-0.39, 0.29) is 31.4 Å². The number of carbonyl (C=O) groups excluding carboxylic acids is 1. The van der Waals surface area contributed by atoms with Gasteiger partial charge < -0.3 is 14.6 Å². The van der Waals surface area contributed by atoms with E-state index in [1.807, 2.05) is 127 Å². The van der Waals surface area contributed by atoms with Crippen molar-refractivity contribution in [2.24, 2.45) is 10.1 Å². The second-order valence-corrected chi connectivity index (χ2v) is 13.8. The number of ether oxygens (including phenoxy) is 2. The van der Waals surface area contributed by atoms with Gasteiger partial charge in [0.2, 0.25) is 5.90 Å². The Morgan fingerprint density at radius 1 is 0.772 bits per heavy atom. The summed E-state index contributed by atoms with van der Waals surface area (Å²) in [6.45, 7) is 0.953. The minimum atomic E-state index is -1.51. The number of hydrogen-bond acceptors (Lipinski definition) is 7. The summed E-state index contributed by atoms with van der Waals surface area (Å²) in [5, 5.41) is 13.1. The molecule has 1 heterocycles. The highest BCUT2D eigenvalue weighted by Gasteiger charge is 2.53. The van der Waals surface area contributed by atoms with Crippen LogP contribution in [0.1, 0.15) is 51.8 Å². The Morgan fingerprint density at radius 3 is 1.98 bits per heavy atom. The lowest BCUT2D eigenvalue weighted by atomic mass is 9.80. The largest absolute Gasteiger partial charge is 0.494 e. The summed E-state index contributed by atoms with van der Waals surface area (Å²) < 4.78 is 12.6. The molecule has 6 aromatic rings. The number of rotatable bonds is 17. The monoisotopic (exact) mass is 756 g/mol. The lowest BCUT2D eigenvalue weighted by Gasteiger charge is -2.32. The number of hydrogen-bond donors (Lipinski definition) is 3. The molecule has 10 heteroatoms. The van der Waals surface area contributed by atoms with Crippen molar-refractivity contribution < 1.29 is 19.4 Å². The Balaban J connectivity index is 1.28. The van der Waals surface area contributed by atoms with Gasteiger partial charge in [0.25, 0.3) is 5.91 Å². The van der Waals surface area contributed by atoms with Crippen LogP contribution in [0.4, 0.5) is 0 Å². The molecule has 0 saturated carbocycles. The summed E-state index contributed by atoms with van der Waals surface area (Å²) in [5.74, 6) is 0.525. The first-order chi connectivity index (χ1) is 28.1. The Hall–Kier alpha value is -6.71. The van der Waals surface area contributed by atoms with Crippen LogP contribution in [0.15, 0.2) is 174 Å². The number of carbonyl (C=O) groups is 1. The van der Waals surface area contributed by atoms with Gasteiger partial charge in [0, 0.05) is 42.4 Å². The summed E-state index contributed by atoms with van der Waals surface area (Å²) in [4.78, 5) is 23.3. The van der Waals surface area contributed by atoms with Crippen molar-refractivity contribution in [1.29, 1.82) is 0 Å². The highest BCUT2D eigenvalue weighted by molar-refractivity contribution is 6.01. The lowest BCUT2D eigenvalue weighted by molar-refractivity contribution is -0.130. The normalized spacial score (nSPS) is 16.0. The summed E-state index contributed by atoms with van der Waals surface area (Å²) in [6.07, 6.45) is -0.173.